The maximum atomic E-state index is 12.8. The first-order valence-electron chi connectivity index (χ1n) is 11.1. The van der Waals surface area contributed by atoms with Crippen molar-refractivity contribution in [2.45, 2.75) is 111 Å². The Morgan fingerprint density at radius 1 is 1.28 bits per heavy atom. The number of carbonyl (C=O) groups is 2. The highest BCUT2D eigenvalue weighted by Crippen LogP contribution is 2.38. The van der Waals surface area contributed by atoms with E-state index < -0.39 is 26.4 Å². The van der Waals surface area contributed by atoms with Gasteiger partial charge in [-0.15, -0.1) is 0 Å². The second-order valence-electron chi connectivity index (χ2n) is 10.3. The fourth-order valence-electron chi connectivity index (χ4n) is 3.31. The van der Waals surface area contributed by atoms with Gasteiger partial charge in [0.1, 0.15) is 6.61 Å². The number of ether oxygens (including phenoxy) is 1. The first kappa shape index (κ1) is 26.1. The second kappa shape index (κ2) is 10.4. The Hall–Kier alpha value is -0.923. The summed E-state index contributed by atoms with van der Waals surface area (Å²) in [5.41, 5.74) is 0. The molecule has 0 saturated carbocycles. The van der Waals surface area contributed by atoms with Crippen LogP contribution in [0.25, 0.3) is 0 Å². The fourth-order valence-corrected chi connectivity index (χ4v) is 4.78. The summed E-state index contributed by atoms with van der Waals surface area (Å²) < 4.78 is 11.6. The van der Waals surface area contributed by atoms with Crippen molar-refractivity contribution in [3.8, 4) is 0 Å². The summed E-state index contributed by atoms with van der Waals surface area (Å²) in [6, 6.07) is -0.257. The predicted molar refractivity (Wildman–Crippen MR) is 118 cm³/mol. The van der Waals surface area contributed by atoms with Gasteiger partial charge in [-0.1, -0.05) is 48.5 Å². The van der Waals surface area contributed by atoms with E-state index in [0.29, 0.717) is 6.42 Å². The highest BCUT2D eigenvalue weighted by atomic mass is 28.4. The lowest BCUT2D eigenvalue weighted by Crippen LogP contribution is -2.46. The van der Waals surface area contributed by atoms with E-state index in [-0.39, 0.29) is 35.6 Å². The van der Waals surface area contributed by atoms with Crippen molar-refractivity contribution >= 4 is 20.3 Å². The van der Waals surface area contributed by atoms with Crippen LogP contribution in [0.5, 0.6) is 0 Å². The highest BCUT2D eigenvalue weighted by Gasteiger charge is 2.42. The number of amides is 2. The Morgan fingerprint density at radius 2 is 1.86 bits per heavy atom. The number of hydrogen-bond acceptors (Lipinski definition) is 5. The zero-order valence-corrected chi connectivity index (χ0v) is 20.9. The Labute approximate surface area is 178 Å². The molecule has 1 saturated heterocycles. The van der Waals surface area contributed by atoms with E-state index >= 15 is 0 Å². The summed E-state index contributed by atoms with van der Waals surface area (Å²) in [4.78, 5) is 26.0. The average molecular weight is 430 g/mol. The molecule has 0 unspecified atom stereocenters. The van der Waals surface area contributed by atoms with Gasteiger partial charge in [-0.3, -0.25) is 4.79 Å². The van der Waals surface area contributed by atoms with Crippen LogP contribution >= 0.6 is 0 Å². The van der Waals surface area contributed by atoms with Crippen LogP contribution in [0.3, 0.4) is 0 Å². The van der Waals surface area contributed by atoms with Gasteiger partial charge in [0.2, 0.25) is 5.91 Å². The number of aliphatic hydroxyl groups excluding tert-OH is 1. The average Bonchev–Trinajstić information content (AvgIpc) is 3.00. The van der Waals surface area contributed by atoms with E-state index in [2.05, 4.69) is 40.8 Å². The molecule has 0 aromatic rings. The molecule has 0 aliphatic carbocycles. The Kier molecular flexibility index (Phi) is 9.36. The molecule has 0 aromatic heterocycles. The van der Waals surface area contributed by atoms with E-state index in [0.717, 1.165) is 19.3 Å². The maximum Gasteiger partial charge on any atom is 0.416 e. The van der Waals surface area contributed by atoms with Crippen molar-refractivity contribution < 1.29 is 23.9 Å². The molecule has 1 fully saturated rings. The largest absolute Gasteiger partial charge is 0.447 e. The first-order valence-corrected chi connectivity index (χ1v) is 14.0. The standard InChI is InChI=1S/C22H43NO5Si/c1-10-17(28-29(8,9)22(5,6)7)12-11-13-19(24)16(4)20(25)23-18(15(2)3)14-27-21(23)26/h15-19,24H,10-14H2,1-9H3/t16-,17+,18+,19+/m1/s1. The van der Waals surface area contributed by atoms with Crippen LogP contribution in [-0.4, -0.2) is 55.2 Å². The fraction of sp³-hybridized carbons (Fsp3) is 0.909. The highest BCUT2D eigenvalue weighted by molar-refractivity contribution is 6.74. The van der Waals surface area contributed by atoms with Gasteiger partial charge in [0.15, 0.2) is 8.32 Å². The maximum absolute atomic E-state index is 12.8. The van der Waals surface area contributed by atoms with Crippen LogP contribution in [0.4, 0.5) is 4.79 Å². The smallest absolute Gasteiger partial charge is 0.416 e. The van der Waals surface area contributed by atoms with Gasteiger partial charge in [0.25, 0.3) is 0 Å². The summed E-state index contributed by atoms with van der Waals surface area (Å²) in [6.45, 7) is 19.2. The molecule has 0 aromatic carbocycles. The van der Waals surface area contributed by atoms with Gasteiger partial charge in [0, 0.05) is 6.10 Å². The van der Waals surface area contributed by atoms with Crippen molar-refractivity contribution in [1.82, 2.24) is 4.90 Å². The van der Waals surface area contributed by atoms with Crippen molar-refractivity contribution in [3.05, 3.63) is 0 Å². The van der Waals surface area contributed by atoms with Crippen molar-refractivity contribution in [3.63, 3.8) is 0 Å². The molecule has 1 heterocycles. The van der Waals surface area contributed by atoms with Gasteiger partial charge in [-0.05, 0) is 49.7 Å². The van der Waals surface area contributed by atoms with Crippen molar-refractivity contribution in [2.75, 3.05) is 6.61 Å². The number of rotatable bonds is 10. The van der Waals surface area contributed by atoms with Gasteiger partial charge >= 0.3 is 6.09 Å². The number of nitrogens with zero attached hydrogens (tertiary/aromatic N) is 1. The lowest BCUT2D eigenvalue weighted by atomic mass is 9.95. The third kappa shape index (κ3) is 6.79. The molecule has 1 aliphatic heterocycles. The van der Waals surface area contributed by atoms with E-state index in [4.69, 9.17) is 9.16 Å². The number of hydrogen-bond donors (Lipinski definition) is 1. The van der Waals surface area contributed by atoms with Crippen LogP contribution in [0.1, 0.15) is 74.1 Å². The molecule has 0 bridgehead atoms. The molecule has 4 atom stereocenters. The van der Waals surface area contributed by atoms with Crippen LogP contribution in [0.2, 0.25) is 18.1 Å². The summed E-state index contributed by atoms with van der Waals surface area (Å²) in [5.74, 6) is -0.862. The molecule has 1 aliphatic rings. The second-order valence-corrected chi connectivity index (χ2v) is 15.0. The Bertz CT molecular complexity index is 558. The molecular weight excluding hydrogens is 386 g/mol. The van der Waals surface area contributed by atoms with Crippen LogP contribution < -0.4 is 0 Å². The molecular formula is C22H43NO5Si. The topological polar surface area (TPSA) is 76.1 Å². The zero-order valence-electron chi connectivity index (χ0n) is 19.9. The van der Waals surface area contributed by atoms with E-state index in [1.54, 1.807) is 6.92 Å². The third-order valence-electron chi connectivity index (χ3n) is 6.63. The normalized spacial score (nSPS) is 21.3. The van der Waals surface area contributed by atoms with Crippen LogP contribution in [0, 0.1) is 11.8 Å². The molecule has 170 valence electrons. The van der Waals surface area contributed by atoms with Gasteiger partial charge < -0.3 is 14.3 Å². The van der Waals surface area contributed by atoms with Crippen LogP contribution in [0.15, 0.2) is 0 Å². The Morgan fingerprint density at radius 3 is 2.34 bits per heavy atom. The molecule has 0 spiro atoms. The van der Waals surface area contributed by atoms with Gasteiger partial charge in [0.05, 0.1) is 18.1 Å². The molecule has 0 radical (unpaired) electrons. The molecule has 29 heavy (non-hydrogen) atoms. The number of cyclic esters (lactones) is 1. The van der Waals surface area contributed by atoms with E-state index in [1.165, 1.54) is 4.90 Å². The minimum atomic E-state index is -1.82. The lowest BCUT2D eigenvalue weighted by molar-refractivity contribution is -0.137. The summed E-state index contributed by atoms with van der Waals surface area (Å²) in [5, 5.41) is 10.7. The van der Waals surface area contributed by atoms with Crippen LogP contribution in [-0.2, 0) is 14.0 Å². The number of carbonyl (C=O) groups excluding carboxylic acids is 2. The molecule has 1 rings (SSSR count). The van der Waals surface area contributed by atoms with E-state index in [1.807, 2.05) is 13.8 Å². The first-order chi connectivity index (χ1) is 13.2. The van der Waals surface area contributed by atoms with Gasteiger partial charge in [-0.2, -0.15) is 0 Å². The minimum Gasteiger partial charge on any atom is -0.447 e. The summed E-state index contributed by atoms with van der Waals surface area (Å²) >= 11 is 0. The predicted octanol–water partition coefficient (Wildman–Crippen LogP) is 4.96. The van der Waals surface area contributed by atoms with Crippen molar-refractivity contribution in [2.24, 2.45) is 11.8 Å². The van der Waals surface area contributed by atoms with Crippen molar-refractivity contribution in [1.29, 1.82) is 0 Å². The molecule has 1 N–H and O–H groups in total. The summed E-state index contributed by atoms with van der Waals surface area (Å²) in [7, 11) is -1.82. The zero-order chi connectivity index (χ0) is 22.6. The van der Waals surface area contributed by atoms with E-state index in [9.17, 15) is 14.7 Å². The molecule has 2 amide bonds. The lowest BCUT2D eigenvalue weighted by Gasteiger charge is -2.39. The minimum absolute atomic E-state index is 0.118. The quantitative estimate of drug-likeness (QED) is 0.497. The SMILES string of the molecule is CC[C@@H](CCC[C@H](O)[C@@H](C)C(=O)N1C(=O)OC[C@H]1C(C)C)O[Si](C)(C)C(C)(C)C. The molecule has 7 heteroatoms. The van der Waals surface area contributed by atoms with Gasteiger partial charge in [-0.25, -0.2) is 9.69 Å². The number of imide groups is 1. The summed E-state index contributed by atoms with van der Waals surface area (Å²) in [6.07, 6.45) is 1.89. The third-order valence-corrected chi connectivity index (χ3v) is 11.2. The Balaban J connectivity index is 2.59. The number of aliphatic hydroxyl groups is 1. The monoisotopic (exact) mass is 429 g/mol. The molecule has 6 nitrogen and oxygen atoms in total.